The smallest absolute Gasteiger partial charge is 0.254 e. The van der Waals surface area contributed by atoms with Crippen LogP contribution in [0.25, 0.3) is 0 Å². The molecular formula is C11H15N3O2. The predicted molar refractivity (Wildman–Crippen MR) is 58.9 cm³/mol. The topological polar surface area (TPSA) is 68.5 Å². The van der Waals surface area contributed by atoms with Crippen LogP contribution in [0.3, 0.4) is 0 Å². The first-order chi connectivity index (χ1) is 7.81. The van der Waals surface area contributed by atoms with E-state index in [9.17, 15) is 4.79 Å². The maximum absolute atomic E-state index is 12.1. The van der Waals surface area contributed by atoms with E-state index in [1.165, 1.54) is 0 Å². The van der Waals surface area contributed by atoms with Gasteiger partial charge >= 0.3 is 0 Å². The molecule has 5 heteroatoms. The summed E-state index contributed by atoms with van der Waals surface area (Å²) in [5.41, 5.74) is 6.88. The Morgan fingerprint density at radius 2 is 2.25 bits per heavy atom. The van der Waals surface area contributed by atoms with Gasteiger partial charge in [-0.1, -0.05) is 0 Å². The minimum atomic E-state index is 0.0281. The predicted octanol–water partition coefficient (Wildman–Crippen LogP) is 0.0127. The minimum Gasteiger partial charge on any atom is -0.378 e. The molecule has 16 heavy (non-hydrogen) atoms. The van der Waals surface area contributed by atoms with Gasteiger partial charge < -0.3 is 15.4 Å². The van der Waals surface area contributed by atoms with Gasteiger partial charge in [-0.3, -0.25) is 9.78 Å². The number of morpholine rings is 1. The average Bonchev–Trinajstić information content (AvgIpc) is 2.39. The van der Waals surface area contributed by atoms with Crippen LogP contribution >= 0.6 is 0 Å². The fourth-order valence-corrected chi connectivity index (χ4v) is 1.67. The summed E-state index contributed by atoms with van der Waals surface area (Å²) >= 11 is 0. The third-order valence-corrected chi connectivity index (χ3v) is 2.57. The molecule has 0 aromatic carbocycles. The molecule has 2 N–H and O–H groups in total. The molecule has 1 amide bonds. The lowest BCUT2D eigenvalue weighted by molar-refractivity contribution is 0.0302. The summed E-state index contributed by atoms with van der Waals surface area (Å²) in [5, 5.41) is 0. The number of amides is 1. The molecule has 0 unspecified atom stereocenters. The number of carbonyl (C=O) groups excluding carboxylic acids is 1. The first-order valence-corrected chi connectivity index (χ1v) is 5.33. The number of aromatic nitrogens is 1. The Labute approximate surface area is 94.2 Å². The van der Waals surface area contributed by atoms with E-state index in [0.717, 1.165) is 5.69 Å². The fraction of sp³-hybridized carbons (Fsp3) is 0.455. The van der Waals surface area contributed by atoms with E-state index in [0.29, 0.717) is 38.4 Å². The second kappa shape index (κ2) is 5.05. The van der Waals surface area contributed by atoms with Crippen LogP contribution in [0.1, 0.15) is 16.1 Å². The number of pyridine rings is 1. The largest absolute Gasteiger partial charge is 0.378 e. The number of hydrogen-bond acceptors (Lipinski definition) is 4. The van der Waals surface area contributed by atoms with Crippen LogP contribution in [0, 0.1) is 0 Å². The highest BCUT2D eigenvalue weighted by atomic mass is 16.5. The highest BCUT2D eigenvalue weighted by Crippen LogP contribution is 2.08. The Balaban J connectivity index is 2.12. The van der Waals surface area contributed by atoms with Crippen molar-refractivity contribution < 1.29 is 9.53 Å². The number of ether oxygens (including phenoxy) is 1. The molecule has 1 aromatic rings. The van der Waals surface area contributed by atoms with Gasteiger partial charge in [0.15, 0.2) is 0 Å². The minimum absolute atomic E-state index is 0.0281. The van der Waals surface area contributed by atoms with Crippen LogP contribution in [-0.2, 0) is 11.3 Å². The summed E-state index contributed by atoms with van der Waals surface area (Å²) in [5.74, 6) is 0.0281. The van der Waals surface area contributed by atoms with E-state index in [1.54, 1.807) is 23.2 Å². The molecule has 0 bridgehead atoms. The maximum Gasteiger partial charge on any atom is 0.254 e. The van der Waals surface area contributed by atoms with Gasteiger partial charge in [-0.25, -0.2) is 0 Å². The monoisotopic (exact) mass is 221 g/mol. The molecule has 0 saturated carbocycles. The summed E-state index contributed by atoms with van der Waals surface area (Å²) < 4.78 is 5.20. The Kier molecular flexibility index (Phi) is 3.48. The molecule has 0 atom stereocenters. The van der Waals surface area contributed by atoms with Gasteiger partial charge in [0.1, 0.15) is 0 Å². The van der Waals surface area contributed by atoms with Gasteiger partial charge in [-0.05, 0) is 12.1 Å². The van der Waals surface area contributed by atoms with Crippen LogP contribution in [0.5, 0.6) is 0 Å². The van der Waals surface area contributed by atoms with E-state index in [1.807, 2.05) is 0 Å². The number of hydrogen-bond donors (Lipinski definition) is 1. The van der Waals surface area contributed by atoms with Crippen molar-refractivity contribution in [3.63, 3.8) is 0 Å². The molecular weight excluding hydrogens is 206 g/mol. The van der Waals surface area contributed by atoms with Crippen molar-refractivity contribution in [2.24, 2.45) is 5.73 Å². The lowest BCUT2D eigenvalue weighted by Gasteiger charge is -2.26. The molecule has 1 fully saturated rings. The van der Waals surface area contributed by atoms with Crippen molar-refractivity contribution in [2.75, 3.05) is 26.3 Å². The van der Waals surface area contributed by atoms with E-state index in [4.69, 9.17) is 10.5 Å². The summed E-state index contributed by atoms with van der Waals surface area (Å²) in [7, 11) is 0. The van der Waals surface area contributed by atoms with Gasteiger partial charge in [0, 0.05) is 31.4 Å². The summed E-state index contributed by atoms with van der Waals surface area (Å²) in [6, 6.07) is 3.47. The van der Waals surface area contributed by atoms with E-state index in [-0.39, 0.29) is 5.91 Å². The summed E-state index contributed by atoms with van der Waals surface area (Å²) in [4.78, 5) is 17.9. The molecule has 0 spiro atoms. The molecule has 1 aliphatic rings. The number of carbonyl (C=O) groups is 1. The Morgan fingerprint density at radius 3 is 2.94 bits per heavy atom. The zero-order valence-electron chi connectivity index (χ0n) is 9.06. The van der Waals surface area contributed by atoms with Gasteiger partial charge in [-0.15, -0.1) is 0 Å². The zero-order chi connectivity index (χ0) is 11.4. The van der Waals surface area contributed by atoms with Crippen molar-refractivity contribution >= 4 is 5.91 Å². The summed E-state index contributed by atoms with van der Waals surface area (Å²) in [6.07, 6.45) is 1.62. The molecule has 1 aliphatic heterocycles. The standard InChI is InChI=1S/C11H15N3O2/c12-8-10-7-9(1-2-13-10)11(15)14-3-5-16-6-4-14/h1-2,7H,3-6,8,12H2. The van der Waals surface area contributed by atoms with Crippen molar-refractivity contribution in [3.8, 4) is 0 Å². The van der Waals surface area contributed by atoms with Gasteiger partial charge in [-0.2, -0.15) is 0 Å². The zero-order valence-corrected chi connectivity index (χ0v) is 9.06. The molecule has 1 aromatic heterocycles. The lowest BCUT2D eigenvalue weighted by Crippen LogP contribution is -2.40. The van der Waals surface area contributed by atoms with Crippen molar-refractivity contribution in [3.05, 3.63) is 29.6 Å². The molecule has 1 saturated heterocycles. The molecule has 5 nitrogen and oxygen atoms in total. The summed E-state index contributed by atoms with van der Waals surface area (Å²) in [6.45, 7) is 2.88. The van der Waals surface area contributed by atoms with Crippen LogP contribution in [0.2, 0.25) is 0 Å². The quantitative estimate of drug-likeness (QED) is 0.764. The van der Waals surface area contributed by atoms with E-state index < -0.39 is 0 Å². The first kappa shape index (κ1) is 11.0. The molecule has 0 radical (unpaired) electrons. The van der Waals surface area contributed by atoms with Crippen LogP contribution < -0.4 is 5.73 Å². The van der Waals surface area contributed by atoms with E-state index in [2.05, 4.69) is 4.98 Å². The van der Waals surface area contributed by atoms with Crippen molar-refractivity contribution in [2.45, 2.75) is 6.54 Å². The number of nitrogens with zero attached hydrogens (tertiary/aromatic N) is 2. The second-order valence-electron chi connectivity index (χ2n) is 3.64. The van der Waals surface area contributed by atoms with Crippen LogP contribution in [0.15, 0.2) is 18.3 Å². The van der Waals surface area contributed by atoms with Crippen molar-refractivity contribution in [1.29, 1.82) is 0 Å². The van der Waals surface area contributed by atoms with Gasteiger partial charge in [0.05, 0.1) is 18.9 Å². The molecule has 2 rings (SSSR count). The van der Waals surface area contributed by atoms with Crippen LogP contribution in [0.4, 0.5) is 0 Å². The highest BCUT2D eigenvalue weighted by molar-refractivity contribution is 5.94. The SMILES string of the molecule is NCc1cc(C(=O)N2CCOCC2)ccn1. The fourth-order valence-electron chi connectivity index (χ4n) is 1.67. The van der Waals surface area contributed by atoms with E-state index >= 15 is 0 Å². The molecule has 86 valence electrons. The first-order valence-electron chi connectivity index (χ1n) is 5.33. The lowest BCUT2D eigenvalue weighted by atomic mass is 10.2. The molecule has 0 aliphatic carbocycles. The Bertz CT molecular complexity index is 375. The third kappa shape index (κ3) is 2.37. The number of rotatable bonds is 2. The molecule has 2 heterocycles. The second-order valence-corrected chi connectivity index (χ2v) is 3.64. The van der Waals surface area contributed by atoms with Crippen LogP contribution in [-0.4, -0.2) is 42.1 Å². The van der Waals surface area contributed by atoms with Gasteiger partial charge in [0.25, 0.3) is 5.91 Å². The Morgan fingerprint density at radius 1 is 1.50 bits per heavy atom. The van der Waals surface area contributed by atoms with Gasteiger partial charge in [0.2, 0.25) is 0 Å². The highest BCUT2D eigenvalue weighted by Gasteiger charge is 2.18. The third-order valence-electron chi connectivity index (χ3n) is 2.57. The van der Waals surface area contributed by atoms with Crippen molar-refractivity contribution in [1.82, 2.24) is 9.88 Å². The normalized spacial score (nSPS) is 16.2. The maximum atomic E-state index is 12.1. The average molecular weight is 221 g/mol. The Hall–Kier alpha value is -1.46. The number of nitrogens with two attached hydrogens (primary N) is 1.